The molecule has 0 unspecified atom stereocenters. The van der Waals surface area contributed by atoms with Crippen LogP contribution in [0.15, 0.2) is 18.2 Å². The van der Waals surface area contributed by atoms with Gasteiger partial charge in [0.2, 0.25) is 0 Å². The lowest BCUT2D eigenvalue weighted by Gasteiger charge is -2.47. The highest BCUT2D eigenvalue weighted by Gasteiger charge is 2.42. The third-order valence-corrected chi connectivity index (χ3v) is 5.87. The minimum Gasteiger partial charge on any atom is -0.497 e. The molecule has 1 N–H and O–H groups in total. The summed E-state index contributed by atoms with van der Waals surface area (Å²) < 4.78 is 11.7. The number of nitrogens with one attached hydrogen (secondary N) is 1. The molecule has 1 aromatic carbocycles. The van der Waals surface area contributed by atoms with Crippen LogP contribution in [-0.4, -0.2) is 19.8 Å². The Morgan fingerprint density at radius 2 is 1.95 bits per heavy atom. The van der Waals surface area contributed by atoms with Crippen molar-refractivity contribution in [3.63, 3.8) is 0 Å². The van der Waals surface area contributed by atoms with E-state index >= 15 is 0 Å². The van der Waals surface area contributed by atoms with Gasteiger partial charge in [0.05, 0.1) is 13.2 Å². The maximum Gasteiger partial charge on any atom is 0.119 e. The van der Waals surface area contributed by atoms with E-state index in [4.69, 9.17) is 9.47 Å². The predicted octanol–water partition coefficient (Wildman–Crippen LogP) is 4.54. The molecule has 0 bridgehead atoms. The van der Waals surface area contributed by atoms with E-state index in [-0.39, 0.29) is 6.10 Å². The Balaban J connectivity index is 1.67. The van der Waals surface area contributed by atoms with Gasteiger partial charge in [-0.05, 0) is 49.8 Å². The largest absolute Gasteiger partial charge is 0.497 e. The van der Waals surface area contributed by atoms with Crippen LogP contribution in [0.3, 0.4) is 0 Å². The van der Waals surface area contributed by atoms with Crippen LogP contribution < -0.4 is 10.1 Å². The summed E-state index contributed by atoms with van der Waals surface area (Å²) in [5.74, 6) is 2.37. The second kappa shape index (κ2) is 6.11. The highest BCUT2D eigenvalue weighted by Crippen LogP contribution is 2.48. The zero-order chi connectivity index (χ0) is 14.9. The zero-order valence-corrected chi connectivity index (χ0v) is 13.5. The average molecular weight is 301 g/mol. The summed E-state index contributed by atoms with van der Waals surface area (Å²) in [5.41, 5.74) is 2.57. The van der Waals surface area contributed by atoms with E-state index in [1.807, 2.05) is 0 Å². The monoisotopic (exact) mass is 301 g/mol. The van der Waals surface area contributed by atoms with Crippen molar-refractivity contribution in [1.29, 1.82) is 0 Å². The van der Waals surface area contributed by atoms with Crippen molar-refractivity contribution in [3.8, 4) is 5.75 Å². The lowest BCUT2D eigenvalue weighted by atomic mass is 9.71. The molecule has 1 aromatic rings. The van der Waals surface area contributed by atoms with Crippen molar-refractivity contribution in [2.75, 3.05) is 19.0 Å². The molecule has 3 heteroatoms. The van der Waals surface area contributed by atoms with Gasteiger partial charge in [-0.3, -0.25) is 0 Å². The van der Waals surface area contributed by atoms with Crippen molar-refractivity contribution in [3.05, 3.63) is 23.8 Å². The minimum absolute atomic E-state index is 0.257. The molecule has 4 rings (SSSR count). The molecule has 2 fully saturated rings. The van der Waals surface area contributed by atoms with Crippen LogP contribution in [0.4, 0.5) is 5.69 Å². The lowest BCUT2D eigenvalue weighted by Crippen LogP contribution is -2.46. The normalized spacial score (nSPS) is 31.8. The van der Waals surface area contributed by atoms with Gasteiger partial charge >= 0.3 is 0 Å². The number of rotatable bonds is 2. The van der Waals surface area contributed by atoms with E-state index in [9.17, 15) is 0 Å². The maximum atomic E-state index is 6.23. The standard InChI is InChI=1S/C19H27NO2/c1-21-14-9-10-17-16(12-14)19-15(8-5-11-22-19)18(20-17)13-6-3-2-4-7-13/h9-10,12-13,15,18-20H,2-8,11H2,1H3/t15-,18+,19-/m0/s1. The Hall–Kier alpha value is -1.22. The van der Waals surface area contributed by atoms with E-state index in [0.717, 1.165) is 18.3 Å². The van der Waals surface area contributed by atoms with Crippen molar-refractivity contribution >= 4 is 5.69 Å². The Kier molecular flexibility index (Phi) is 4.00. The topological polar surface area (TPSA) is 30.5 Å². The molecule has 2 aliphatic heterocycles. The first-order chi connectivity index (χ1) is 10.9. The zero-order valence-electron chi connectivity index (χ0n) is 13.5. The first-order valence-electron chi connectivity index (χ1n) is 8.93. The molecule has 0 amide bonds. The molecule has 22 heavy (non-hydrogen) atoms. The summed E-state index contributed by atoms with van der Waals surface area (Å²) in [6, 6.07) is 7.00. The van der Waals surface area contributed by atoms with Gasteiger partial charge in [-0.1, -0.05) is 19.3 Å². The molecule has 0 radical (unpaired) electrons. The summed E-state index contributed by atoms with van der Waals surface area (Å²) in [6.07, 6.45) is 9.72. The molecule has 1 saturated heterocycles. The Morgan fingerprint density at radius 1 is 1.09 bits per heavy atom. The molecule has 0 aromatic heterocycles. The van der Waals surface area contributed by atoms with Gasteiger partial charge in [-0.15, -0.1) is 0 Å². The molecule has 3 atom stereocenters. The van der Waals surface area contributed by atoms with Crippen molar-refractivity contribution in [2.24, 2.45) is 11.8 Å². The molecule has 0 spiro atoms. The fourth-order valence-electron chi connectivity index (χ4n) is 4.77. The third-order valence-electron chi connectivity index (χ3n) is 5.87. The van der Waals surface area contributed by atoms with Crippen LogP contribution in [0.1, 0.15) is 56.6 Å². The second-order valence-electron chi connectivity index (χ2n) is 7.12. The predicted molar refractivity (Wildman–Crippen MR) is 88.4 cm³/mol. The number of ether oxygens (including phenoxy) is 2. The molecule has 120 valence electrons. The van der Waals surface area contributed by atoms with Crippen LogP contribution in [0.25, 0.3) is 0 Å². The quantitative estimate of drug-likeness (QED) is 0.870. The first-order valence-corrected chi connectivity index (χ1v) is 8.93. The molecule has 1 aliphatic carbocycles. The van der Waals surface area contributed by atoms with Gasteiger partial charge < -0.3 is 14.8 Å². The summed E-state index contributed by atoms with van der Waals surface area (Å²) in [5, 5.41) is 3.88. The highest BCUT2D eigenvalue weighted by atomic mass is 16.5. The number of anilines is 1. The van der Waals surface area contributed by atoms with Gasteiger partial charge in [-0.25, -0.2) is 0 Å². The number of methoxy groups -OCH3 is 1. The summed E-state index contributed by atoms with van der Waals surface area (Å²) in [4.78, 5) is 0. The van der Waals surface area contributed by atoms with Gasteiger partial charge in [-0.2, -0.15) is 0 Å². The minimum atomic E-state index is 0.257. The Morgan fingerprint density at radius 3 is 2.77 bits per heavy atom. The van der Waals surface area contributed by atoms with Crippen molar-refractivity contribution in [1.82, 2.24) is 0 Å². The number of hydrogen-bond acceptors (Lipinski definition) is 3. The van der Waals surface area contributed by atoms with E-state index in [0.29, 0.717) is 12.0 Å². The molecular weight excluding hydrogens is 274 g/mol. The lowest BCUT2D eigenvalue weighted by molar-refractivity contribution is -0.0458. The SMILES string of the molecule is COc1ccc2c(c1)[C@H]1OCCC[C@H]1[C@@H](C1CCCCC1)N2. The summed E-state index contributed by atoms with van der Waals surface area (Å²) in [6.45, 7) is 0.898. The second-order valence-corrected chi connectivity index (χ2v) is 7.12. The molecule has 3 aliphatic rings. The van der Waals surface area contributed by atoms with E-state index in [1.165, 1.54) is 56.2 Å². The number of benzene rings is 1. The highest BCUT2D eigenvalue weighted by molar-refractivity contribution is 5.58. The average Bonchev–Trinajstić information content (AvgIpc) is 2.61. The Labute approximate surface area is 133 Å². The van der Waals surface area contributed by atoms with E-state index in [2.05, 4.69) is 23.5 Å². The fourth-order valence-corrected chi connectivity index (χ4v) is 4.77. The van der Waals surface area contributed by atoms with Gasteiger partial charge in [0.15, 0.2) is 0 Å². The summed E-state index contributed by atoms with van der Waals surface area (Å²) in [7, 11) is 1.74. The van der Waals surface area contributed by atoms with Crippen LogP contribution in [0, 0.1) is 11.8 Å². The number of fused-ring (bicyclic) bond motifs is 3. The maximum absolute atomic E-state index is 6.23. The van der Waals surface area contributed by atoms with Gasteiger partial charge in [0, 0.05) is 29.8 Å². The molecule has 3 nitrogen and oxygen atoms in total. The van der Waals surface area contributed by atoms with E-state index < -0.39 is 0 Å². The van der Waals surface area contributed by atoms with Crippen LogP contribution in [-0.2, 0) is 4.74 Å². The van der Waals surface area contributed by atoms with Crippen LogP contribution in [0.5, 0.6) is 5.75 Å². The molecule has 2 heterocycles. The first kappa shape index (κ1) is 14.4. The molecular formula is C19H27NO2. The third kappa shape index (κ3) is 2.50. The Bertz CT molecular complexity index is 524. The van der Waals surface area contributed by atoms with Gasteiger partial charge in [0.25, 0.3) is 0 Å². The van der Waals surface area contributed by atoms with Crippen LogP contribution >= 0.6 is 0 Å². The fraction of sp³-hybridized carbons (Fsp3) is 0.684. The van der Waals surface area contributed by atoms with Crippen LogP contribution in [0.2, 0.25) is 0 Å². The summed E-state index contributed by atoms with van der Waals surface area (Å²) >= 11 is 0. The van der Waals surface area contributed by atoms with Crippen molar-refractivity contribution < 1.29 is 9.47 Å². The molecule has 1 saturated carbocycles. The number of hydrogen-bond donors (Lipinski definition) is 1. The van der Waals surface area contributed by atoms with Gasteiger partial charge in [0.1, 0.15) is 5.75 Å². The van der Waals surface area contributed by atoms with E-state index in [1.54, 1.807) is 7.11 Å². The smallest absolute Gasteiger partial charge is 0.119 e. The van der Waals surface area contributed by atoms with Crippen molar-refractivity contribution in [2.45, 2.75) is 57.1 Å².